The van der Waals surface area contributed by atoms with E-state index in [9.17, 15) is 14.4 Å². The van der Waals surface area contributed by atoms with Gasteiger partial charge < -0.3 is 20.1 Å². The number of hydrogen-bond acceptors (Lipinski definition) is 7. The maximum absolute atomic E-state index is 12.0. The molecular formula is C20H23N3O5S. The molecule has 0 fully saturated rings. The van der Waals surface area contributed by atoms with E-state index in [2.05, 4.69) is 15.6 Å². The normalized spacial score (nSPS) is 12.7. The summed E-state index contributed by atoms with van der Waals surface area (Å²) in [4.78, 5) is 39.1. The number of anilines is 2. The van der Waals surface area contributed by atoms with Gasteiger partial charge in [0.25, 0.3) is 0 Å². The van der Waals surface area contributed by atoms with E-state index in [1.807, 2.05) is 18.2 Å². The molecule has 3 rings (SSSR count). The zero-order valence-electron chi connectivity index (χ0n) is 16.2. The SMILES string of the molecule is CCOC(=O)Cc1csc(NC(=O)CCCOc2ccc3c(c2)CCC(=O)N3)n1. The molecule has 29 heavy (non-hydrogen) atoms. The highest BCUT2D eigenvalue weighted by atomic mass is 32.1. The number of thiazole rings is 1. The summed E-state index contributed by atoms with van der Waals surface area (Å²) in [6.07, 6.45) is 2.13. The van der Waals surface area contributed by atoms with E-state index in [-0.39, 0.29) is 24.2 Å². The minimum absolute atomic E-state index is 0.0328. The number of hydrogen-bond donors (Lipinski definition) is 2. The third kappa shape index (κ3) is 6.28. The number of carbonyl (C=O) groups is 3. The summed E-state index contributed by atoms with van der Waals surface area (Å²) in [5.74, 6) is 0.269. The topological polar surface area (TPSA) is 107 Å². The molecule has 0 bridgehead atoms. The van der Waals surface area contributed by atoms with E-state index in [0.717, 1.165) is 17.0 Å². The molecule has 2 amide bonds. The van der Waals surface area contributed by atoms with E-state index in [1.165, 1.54) is 11.3 Å². The van der Waals surface area contributed by atoms with Crippen molar-refractivity contribution in [2.45, 2.75) is 39.0 Å². The van der Waals surface area contributed by atoms with Crippen LogP contribution in [0, 0.1) is 0 Å². The molecule has 1 aliphatic heterocycles. The molecule has 2 aromatic rings. The van der Waals surface area contributed by atoms with E-state index in [0.29, 0.717) is 49.7 Å². The van der Waals surface area contributed by atoms with Crippen molar-refractivity contribution in [2.75, 3.05) is 23.8 Å². The van der Waals surface area contributed by atoms with Gasteiger partial charge >= 0.3 is 5.97 Å². The lowest BCUT2D eigenvalue weighted by molar-refractivity contribution is -0.142. The molecule has 0 aliphatic carbocycles. The largest absolute Gasteiger partial charge is 0.494 e. The van der Waals surface area contributed by atoms with Gasteiger partial charge in [-0.3, -0.25) is 14.4 Å². The minimum atomic E-state index is -0.336. The van der Waals surface area contributed by atoms with Crippen molar-refractivity contribution in [2.24, 2.45) is 0 Å². The maximum Gasteiger partial charge on any atom is 0.311 e. The Balaban J connectivity index is 1.38. The number of carbonyl (C=O) groups excluding carboxylic acids is 3. The molecule has 9 heteroatoms. The molecule has 0 atom stereocenters. The number of nitrogens with zero attached hydrogens (tertiary/aromatic N) is 1. The molecule has 2 N–H and O–H groups in total. The molecule has 1 aromatic heterocycles. The summed E-state index contributed by atoms with van der Waals surface area (Å²) in [5.41, 5.74) is 2.47. The molecule has 154 valence electrons. The van der Waals surface area contributed by atoms with Crippen molar-refractivity contribution in [3.8, 4) is 5.75 Å². The van der Waals surface area contributed by atoms with Gasteiger partial charge in [-0.05, 0) is 43.5 Å². The van der Waals surface area contributed by atoms with E-state index in [1.54, 1.807) is 12.3 Å². The molecule has 1 aromatic carbocycles. The number of esters is 1. The van der Waals surface area contributed by atoms with Crippen LogP contribution in [0.5, 0.6) is 5.75 Å². The molecular weight excluding hydrogens is 394 g/mol. The first-order chi connectivity index (χ1) is 14.0. The van der Waals surface area contributed by atoms with Gasteiger partial charge in [0.15, 0.2) is 5.13 Å². The second-order valence-corrected chi connectivity index (χ2v) is 7.35. The number of rotatable bonds is 9. The van der Waals surface area contributed by atoms with Crippen molar-refractivity contribution < 1.29 is 23.9 Å². The van der Waals surface area contributed by atoms with Crippen molar-refractivity contribution in [3.63, 3.8) is 0 Å². The van der Waals surface area contributed by atoms with E-state index >= 15 is 0 Å². The predicted molar refractivity (Wildman–Crippen MR) is 109 cm³/mol. The smallest absolute Gasteiger partial charge is 0.311 e. The summed E-state index contributed by atoms with van der Waals surface area (Å²) in [6, 6.07) is 5.57. The van der Waals surface area contributed by atoms with Crippen LogP contribution in [0.1, 0.15) is 37.4 Å². The Morgan fingerprint density at radius 1 is 1.31 bits per heavy atom. The average molecular weight is 417 g/mol. The van der Waals surface area contributed by atoms with Crippen molar-refractivity contribution >= 4 is 39.9 Å². The van der Waals surface area contributed by atoms with Gasteiger partial charge in [0, 0.05) is 23.9 Å². The van der Waals surface area contributed by atoms with Crippen LogP contribution in [0.3, 0.4) is 0 Å². The number of nitrogens with one attached hydrogen (secondary N) is 2. The summed E-state index contributed by atoms with van der Waals surface area (Å²) in [6.45, 7) is 2.49. The van der Waals surface area contributed by atoms with Gasteiger partial charge in [0.1, 0.15) is 5.75 Å². The molecule has 8 nitrogen and oxygen atoms in total. The first-order valence-corrected chi connectivity index (χ1v) is 10.4. The van der Waals surface area contributed by atoms with Crippen LogP contribution < -0.4 is 15.4 Å². The van der Waals surface area contributed by atoms with Crippen molar-refractivity contribution in [1.29, 1.82) is 0 Å². The fourth-order valence-corrected chi connectivity index (χ4v) is 3.59. The highest BCUT2D eigenvalue weighted by Crippen LogP contribution is 2.27. The summed E-state index contributed by atoms with van der Waals surface area (Å²) < 4.78 is 10.6. The van der Waals surface area contributed by atoms with Crippen LogP contribution >= 0.6 is 11.3 Å². The number of amides is 2. The maximum atomic E-state index is 12.0. The third-order valence-electron chi connectivity index (χ3n) is 4.22. The second-order valence-electron chi connectivity index (χ2n) is 6.49. The van der Waals surface area contributed by atoms with Crippen molar-refractivity contribution in [3.05, 3.63) is 34.8 Å². The molecule has 0 spiro atoms. The zero-order chi connectivity index (χ0) is 20.6. The van der Waals surface area contributed by atoms with Crippen molar-refractivity contribution in [1.82, 2.24) is 4.98 Å². The summed E-state index contributed by atoms with van der Waals surface area (Å²) >= 11 is 1.28. The lowest BCUT2D eigenvalue weighted by atomic mass is 10.0. The summed E-state index contributed by atoms with van der Waals surface area (Å²) in [5, 5.41) is 7.76. The Labute approximate surface area is 172 Å². The molecule has 0 radical (unpaired) electrons. The lowest BCUT2D eigenvalue weighted by Gasteiger charge is -2.17. The van der Waals surface area contributed by atoms with Gasteiger partial charge in [0.2, 0.25) is 11.8 Å². The Bertz CT molecular complexity index is 896. The monoisotopic (exact) mass is 417 g/mol. The van der Waals surface area contributed by atoms with Crippen LogP contribution in [0.15, 0.2) is 23.6 Å². The van der Waals surface area contributed by atoms with E-state index < -0.39 is 0 Å². The highest BCUT2D eigenvalue weighted by molar-refractivity contribution is 7.13. The zero-order valence-corrected chi connectivity index (χ0v) is 17.0. The predicted octanol–water partition coefficient (Wildman–Crippen LogP) is 2.93. The lowest BCUT2D eigenvalue weighted by Crippen LogP contribution is -2.18. The first-order valence-electron chi connectivity index (χ1n) is 9.49. The van der Waals surface area contributed by atoms with Gasteiger partial charge in [-0.25, -0.2) is 4.98 Å². The molecule has 1 aliphatic rings. The Hall–Kier alpha value is -2.94. The van der Waals surface area contributed by atoms with Crippen LogP contribution in [0.25, 0.3) is 0 Å². The Kier molecular flexibility index (Phi) is 7.18. The Morgan fingerprint density at radius 2 is 2.17 bits per heavy atom. The van der Waals surface area contributed by atoms with E-state index in [4.69, 9.17) is 9.47 Å². The number of benzene rings is 1. The first kappa shape index (κ1) is 20.8. The average Bonchev–Trinajstić information content (AvgIpc) is 3.12. The quantitative estimate of drug-likeness (QED) is 0.480. The number of fused-ring (bicyclic) bond motifs is 1. The van der Waals surface area contributed by atoms with Crippen LogP contribution in [0.4, 0.5) is 10.8 Å². The van der Waals surface area contributed by atoms with Gasteiger partial charge in [0.05, 0.1) is 25.3 Å². The van der Waals surface area contributed by atoms with Gasteiger partial charge in [-0.1, -0.05) is 0 Å². The third-order valence-corrected chi connectivity index (χ3v) is 5.02. The highest BCUT2D eigenvalue weighted by Gasteiger charge is 2.15. The number of aromatic nitrogens is 1. The fourth-order valence-electron chi connectivity index (χ4n) is 2.86. The minimum Gasteiger partial charge on any atom is -0.494 e. The second kappa shape index (κ2) is 10.0. The fraction of sp³-hybridized carbons (Fsp3) is 0.400. The molecule has 0 saturated heterocycles. The van der Waals surface area contributed by atoms with Gasteiger partial charge in [-0.2, -0.15) is 0 Å². The number of aryl methyl sites for hydroxylation is 1. The Morgan fingerprint density at radius 3 is 3.00 bits per heavy atom. The summed E-state index contributed by atoms with van der Waals surface area (Å²) in [7, 11) is 0. The standard InChI is InChI=1S/C20H23N3O5S/c1-2-27-19(26)11-14-12-29-20(21-14)23-17(24)4-3-9-28-15-6-7-16-13(10-15)5-8-18(25)22-16/h6-7,10,12H,2-5,8-9,11H2,1H3,(H,22,25)(H,21,23,24). The van der Waals surface area contributed by atoms with Crippen LogP contribution in [-0.2, 0) is 32.0 Å². The molecule has 0 unspecified atom stereocenters. The van der Waals surface area contributed by atoms with Gasteiger partial charge in [-0.15, -0.1) is 11.3 Å². The molecule has 2 heterocycles. The molecule has 0 saturated carbocycles. The number of ether oxygens (including phenoxy) is 2. The van der Waals surface area contributed by atoms with Crippen LogP contribution in [-0.4, -0.2) is 36.0 Å². The van der Waals surface area contributed by atoms with Crippen LogP contribution in [0.2, 0.25) is 0 Å².